The van der Waals surface area contributed by atoms with Crippen LogP contribution in [0.5, 0.6) is 0 Å². The Morgan fingerprint density at radius 1 is 1.40 bits per heavy atom. The van der Waals surface area contributed by atoms with Gasteiger partial charge in [0.1, 0.15) is 0 Å². The zero-order valence-corrected chi connectivity index (χ0v) is 13.6. The third-order valence-corrected chi connectivity index (χ3v) is 5.81. The van der Waals surface area contributed by atoms with Crippen molar-refractivity contribution in [3.63, 3.8) is 0 Å². The number of anilines is 1. The number of sulfonamides is 1. The summed E-state index contributed by atoms with van der Waals surface area (Å²) < 4.78 is 23.3. The molecule has 6 heteroatoms. The molecule has 0 unspecified atom stereocenters. The third kappa shape index (κ3) is 3.90. The molecule has 0 bridgehead atoms. The second-order valence-electron chi connectivity index (χ2n) is 5.41. The summed E-state index contributed by atoms with van der Waals surface area (Å²) in [6.45, 7) is 5.68. The van der Waals surface area contributed by atoms with Gasteiger partial charge < -0.3 is 4.90 Å². The lowest BCUT2D eigenvalue weighted by Gasteiger charge is -2.35. The highest BCUT2D eigenvalue weighted by Crippen LogP contribution is 2.29. The number of benzene rings is 1. The molecule has 1 aromatic carbocycles. The van der Waals surface area contributed by atoms with E-state index < -0.39 is 15.3 Å². The molecule has 1 aliphatic rings. The standard InChI is InChI=1S/C14H22N2O2S2/c1-11(2)19-8-7-16-10-13(20(15,17)18)9-12-5-3-4-6-14(12)16/h3-6,11,13H,7-10H2,1-2H3,(H2,15,17,18)/t13-/m0/s1. The van der Waals surface area contributed by atoms with E-state index in [0.29, 0.717) is 18.2 Å². The SMILES string of the molecule is CC(C)SCCN1C[C@@H](S(N)(=O)=O)Cc2ccccc21. The Hall–Kier alpha value is -0.720. The van der Waals surface area contributed by atoms with E-state index in [0.717, 1.165) is 23.5 Å². The van der Waals surface area contributed by atoms with Crippen molar-refractivity contribution in [2.75, 3.05) is 23.7 Å². The highest BCUT2D eigenvalue weighted by atomic mass is 32.2. The lowest BCUT2D eigenvalue weighted by Crippen LogP contribution is -2.45. The van der Waals surface area contributed by atoms with Crippen LogP contribution in [0.25, 0.3) is 0 Å². The Kier molecular flexibility index (Phi) is 4.99. The average Bonchev–Trinajstić information content (AvgIpc) is 2.37. The topological polar surface area (TPSA) is 63.4 Å². The van der Waals surface area contributed by atoms with Crippen molar-refractivity contribution >= 4 is 27.5 Å². The van der Waals surface area contributed by atoms with E-state index in [1.54, 1.807) is 0 Å². The number of hydrogen-bond donors (Lipinski definition) is 1. The van der Waals surface area contributed by atoms with Gasteiger partial charge in [-0.2, -0.15) is 11.8 Å². The molecule has 4 nitrogen and oxygen atoms in total. The first-order valence-electron chi connectivity index (χ1n) is 6.84. The summed E-state index contributed by atoms with van der Waals surface area (Å²) in [6.07, 6.45) is 0.517. The fourth-order valence-corrected chi connectivity index (χ4v) is 4.07. The van der Waals surface area contributed by atoms with Crippen LogP contribution in [0.2, 0.25) is 0 Å². The van der Waals surface area contributed by atoms with E-state index in [2.05, 4.69) is 24.8 Å². The van der Waals surface area contributed by atoms with Crippen LogP contribution in [0.3, 0.4) is 0 Å². The summed E-state index contributed by atoms with van der Waals surface area (Å²) in [4.78, 5) is 2.16. The minimum atomic E-state index is -3.49. The van der Waals surface area contributed by atoms with Crippen molar-refractivity contribution in [1.82, 2.24) is 0 Å². The lowest BCUT2D eigenvalue weighted by molar-refractivity contribution is 0.571. The Labute approximate surface area is 125 Å². The zero-order chi connectivity index (χ0) is 14.8. The number of nitrogens with zero attached hydrogens (tertiary/aromatic N) is 1. The molecule has 1 aromatic rings. The molecule has 0 aromatic heterocycles. The highest BCUT2D eigenvalue weighted by molar-refractivity contribution is 7.99. The highest BCUT2D eigenvalue weighted by Gasteiger charge is 2.30. The van der Waals surface area contributed by atoms with Crippen molar-refractivity contribution in [2.45, 2.75) is 30.8 Å². The van der Waals surface area contributed by atoms with Crippen LogP contribution in [0.1, 0.15) is 19.4 Å². The van der Waals surface area contributed by atoms with Gasteiger partial charge >= 0.3 is 0 Å². The minimum absolute atomic E-state index is 0.495. The fraction of sp³-hybridized carbons (Fsp3) is 0.571. The van der Waals surface area contributed by atoms with E-state index in [-0.39, 0.29) is 0 Å². The molecule has 0 saturated carbocycles. The van der Waals surface area contributed by atoms with E-state index >= 15 is 0 Å². The summed E-state index contributed by atoms with van der Waals surface area (Å²) in [5, 5.41) is 5.44. The molecular formula is C14H22N2O2S2. The number of hydrogen-bond acceptors (Lipinski definition) is 4. The first-order valence-corrected chi connectivity index (χ1v) is 9.50. The summed E-state index contributed by atoms with van der Waals surface area (Å²) in [5.41, 5.74) is 2.23. The van der Waals surface area contributed by atoms with Gasteiger partial charge in [0.2, 0.25) is 10.0 Å². The molecule has 0 fully saturated rings. The number of rotatable bonds is 5. The number of thioether (sulfide) groups is 1. The fourth-order valence-electron chi connectivity index (χ4n) is 2.48. The van der Waals surface area contributed by atoms with Gasteiger partial charge in [-0.3, -0.25) is 0 Å². The van der Waals surface area contributed by atoms with Crippen LogP contribution in [0, 0.1) is 0 Å². The van der Waals surface area contributed by atoms with Crippen LogP contribution in [-0.2, 0) is 16.4 Å². The van der Waals surface area contributed by atoms with Gasteiger partial charge in [0, 0.05) is 24.5 Å². The Bertz CT molecular complexity index is 558. The maximum Gasteiger partial charge on any atom is 0.214 e. The van der Waals surface area contributed by atoms with Crippen molar-refractivity contribution in [2.24, 2.45) is 5.14 Å². The number of para-hydroxylation sites is 1. The van der Waals surface area contributed by atoms with Crippen LogP contribution < -0.4 is 10.0 Å². The molecule has 20 heavy (non-hydrogen) atoms. The molecule has 0 saturated heterocycles. The average molecular weight is 314 g/mol. The first-order chi connectivity index (χ1) is 9.38. The monoisotopic (exact) mass is 314 g/mol. The Morgan fingerprint density at radius 2 is 2.10 bits per heavy atom. The Morgan fingerprint density at radius 3 is 2.75 bits per heavy atom. The Balaban J connectivity index is 2.17. The summed E-state index contributed by atoms with van der Waals surface area (Å²) in [6, 6.07) is 8.01. The van der Waals surface area contributed by atoms with Gasteiger partial charge in [0.05, 0.1) is 5.25 Å². The van der Waals surface area contributed by atoms with Gasteiger partial charge in [0.25, 0.3) is 0 Å². The molecule has 2 N–H and O–H groups in total. The largest absolute Gasteiger partial charge is 0.369 e. The van der Waals surface area contributed by atoms with Crippen molar-refractivity contribution in [3.05, 3.63) is 29.8 Å². The number of nitrogens with two attached hydrogens (primary N) is 1. The van der Waals surface area contributed by atoms with Gasteiger partial charge in [-0.15, -0.1) is 0 Å². The van der Waals surface area contributed by atoms with Crippen molar-refractivity contribution in [1.29, 1.82) is 0 Å². The molecular weight excluding hydrogens is 292 g/mol. The maximum absolute atomic E-state index is 11.7. The second kappa shape index (κ2) is 6.37. The van der Waals surface area contributed by atoms with E-state index in [1.165, 1.54) is 0 Å². The zero-order valence-electron chi connectivity index (χ0n) is 12.0. The van der Waals surface area contributed by atoms with Crippen molar-refractivity contribution < 1.29 is 8.42 Å². The molecule has 0 radical (unpaired) electrons. The third-order valence-electron chi connectivity index (χ3n) is 3.48. The molecule has 1 atom stereocenters. The van der Waals surface area contributed by atoms with E-state index in [4.69, 9.17) is 5.14 Å². The second-order valence-corrected chi connectivity index (χ2v) is 8.94. The molecule has 0 spiro atoms. The molecule has 1 aliphatic heterocycles. The molecule has 112 valence electrons. The predicted octanol–water partition coefficient (Wildman–Crippen LogP) is 1.85. The van der Waals surface area contributed by atoms with E-state index in [1.807, 2.05) is 30.0 Å². The smallest absolute Gasteiger partial charge is 0.214 e. The number of fused-ring (bicyclic) bond motifs is 1. The van der Waals surface area contributed by atoms with Crippen LogP contribution in [0.4, 0.5) is 5.69 Å². The molecule has 1 heterocycles. The summed E-state index contributed by atoms with van der Waals surface area (Å²) >= 11 is 1.89. The van der Waals surface area contributed by atoms with Gasteiger partial charge in [-0.1, -0.05) is 32.0 Å². The van der Waals surface area contributed by atoms with Gasteiger partial charge in [0.15, 0.2) is 0 Å². The molecule has 0 amide bonds. The van der Waals surface area contributed by atoms with Crippen LogP contribution in [0.15, 0.2) is 24.3 Å². The predicted molar refractivity (Wildman–Crippen MR) is 86.8 cm³/mol. The minimum Gasteiger partial charge on any atom is -0.369 e. The van der Waals surface area contributed by atoms with Crippen molar-refractivity contribution in [3.8, 4) is 0 Å². The molecule has 0 aliphatic carbocycles. The first kappa shape index (κ1) is 15.7. The van der Waals surface area contributed by atoms with Crippen LogP contribution >= 0.6 is 11.8 Å². The van der Waals surface area contributed by atoms with Gasteiger partial charge in [-0.25, -0.2) is 13.6 Å². The maximum atomic E-state index is 11.7. The molecule has 2 rings (SSSR count). The quantitative estimate of drug-likeness (QED) is 0.901. The van der Waals surface area contributed by atoms with Gasteiger partial charge in [-0.05, 0) is 23.3 Å². The lowest BCUT2D eigenvalue weighted by atomic mass is 10.0. The van der Waals surface area contributed by atoms with E-state index in [9.17, 15) is 8.42 Å². The number of primary sulfonamides is 1. The summed E-state index contributed by atoms with van der Waals surface area (Å²) in [5.74, 6) is 0.989. The van der Waals surface area contributed by atoms with Crippen LogP contribution in [-0.4, -0.2) is 37.8 Å². The summed E-state index contributed by atoms with van der Waals surface area (Å²) in [7, 11) is -3.49. The normalized spacial score (nSPS) is 19.2.